The molecule has 0 bridgehead atoms. The second-order valence-electron chi connectivity index (χ2n) is 10.2. The van der Waals surface area contributed by atoms with Crippen LogP contribution in [0.5, 0.6) is 0 Å². The Bertz CT molecular complexity index is 2010. The Hall–Kier alpha value is -4.49. The highest BCUT2D eigenvalue weighted by molar-refractivity contribution is 6.17. The molecule has 37 heavy (non-hydrogen) atoms. The standard InChI is InChI=1S/C36H27N/c1-22-19-23(2)33(24(3)20-22)34(26-12-5-4-6-13-26)32-21-31-29-16-10-9-15-28(29)30-18-17-25-11-7-8-14-27(25)35(30)36(31)37-32/h4-21H,1-3H3/b34-32-. The minimum Gasteiger partial charge on any atom is -0.247 e. The summed E-state index contributed by atoms with van der Waals surface area (Å²) in [5, 5.41) is 9.82. The fourth-order valence-electron chi connectivity index (χ4n) is 6.25. The fraction of sp³-hybridized carbons (Fsp3) is 0.0833. The van der Waals surface area contributed by atoms with Gasteiger partial charge in [-0.3, -0.25) is 0 Å². The molecule has 0 saturated carbocycles. The summed E-state index contributed by atoms with van der Waals surface area (Å²) < 4.78 is 0. The lowest BCUT2D eigenvalue weighted by Gasteiger charge is -2.17. The Kier molecular flexibility index (Phi) is 4.87. The third-order valence-electron chi connectivity index (χ3n) is 7.69. The van der Waals surface area contributed by atoms with E-state index in [1.54, 1.807) is 0 Å². The van der Waals surface area contributed by atoms with Crippen LogP contribution >= 0.6 is 0 Å². The summed E-state index contributed by atoms with van der Waals surface area (Å²) in [4.78, 5) is 5.46. The van der Waals surface area contributed by atoms with Gasteiger partial charge < -0.3 is 0 Å². The molecule has 6 aromatic carbocycles. The number of hydrogen-bond acceptors (Lipinski definition) is 1. The third-order valence-corrected chi connectivity index (χ3v) is 7.69. The normalized spacial score (nSPS) is 14.0. The molecule has 176 valence electrons. The smallest absolute Gasteiger partial charge is 0.0801 e. The van der Waals surface area contributed by atoms with E-state index in [0.717, 1.165) is 11.1 Å². The maximum absolute atomic E-state index is 5.46. The van der Waals surface area contributed by atoms with Crippen LogP contribution in [0.25, 0.3) is 44.0 Å². The molecule has 0 spiro atoms. The molecule has 1 heteroatoms. The lowest BCUT2D eigenvalue weighted by molar-refractivity contribution is 1.27. The Balaban J connectivity index is 1.70. The third kappa shape index (κ3) is 3.35. The van der Waals surface area contributed by atoms with Crippen molar-refractivity contribution in [2.45, 2.75) is 20.8 Å². The van der Waals surface area contributed by atoms with Crippen molar-refractivity contribution in [1.82, 2.24) is 0 Å². The van der Waals surface area contributed by atoms with E-state index < -0.39 is 0 Å². The monoisotopic (exact) mass is 473 g/mol. The Morgan fingerprint density at radius 2 is 1.24 bits per heavy atom. The molecule has 7 rings (SSSR count). The van der Waals surface area contributed by atoms with Gasteiger partial charge in [-0.05, 0) is 76.0 Å². The molecule has 0 radical (unpaired) electrons. The quantitative estimate of drug-likeness (QED) is 0.226. The number of rotatable bonds is 2. The molecule has 1 nitrogen and oxygen atoms in total. The van der Waals surface area contributed by atoms with E-state index in [2.05, 4.69) is 130 Å². The molecule has 0 fully saturated rings. The Labute approximate surface area is 216 Å². The summed E-state index contributed by atoms with van der Waals surface area (Å²) in [6, 6.07) is 37.2. The lowest BCUT2D eigenvalue weighted by Crippen LogP contribution is -2.23. The van der Waals surface area contributed by atoms with Crippen molar-refractivity contribution in [3.8, 4) is 0 Å². The molecule has 1 aliphatic heterocycles. The molecular formula is C36H27N. The molecule has 1 heterocycles. The van der Waals surface area contributed by atoms with E-state index in [-0.39, 0.29) is 0 Å². The molecule has 0 atom stereocenters. The molecule has 0 aromatic heterocycles. The van der Waals surface area contributed by atoms with Gasteiger partial charge in [0, 0.05) is 16.2 Å². The zero-order valence-corrected chi connectivity index (χ0v) is 21.3. The Morgan fingerprint density at radius 1 is 0.595 bits per heavy atom. The zero-order chi connectivity index (χ0) is 25.1. The van der Waals surface area contributed by atoms with Crippen molar-refractivity contribution in [3.05, 3.63) is 147 Å². The molecule has 6 aromatic rings. The van der Waals surface area contributed by atoms with E-state index in [1.807, 2.05) is 0 Å². The summed E-state index contributed by atoms with van der Waals surface area (Å²) in [5.41, 5.74) is 8.55. The van der Waals surface area contributed by atoms with Gasteiger partial charge in [0.05, 0.1) is 11.1 Å². The number of aryl methyl sites for hydroxylation is 3. The van der Waals surface area contributed by atoms with Gasteiger partial charge in [-0.2, -0.15) is 0 Å². The highest BCUT2D eigenvalue weighted by Gasteiger charge is 2.20. The predicted octanol–water partition coefficient (Wildman–Crippen LogP) is 7.94. The van der Waals surface area contributed by atoms with Gasteiger partial charge in [0.1, 0.15) is 0 Å². The summed E-state index contributed by atoms with van der Waals surface area (Å²) in [7, 11) is 0. The van der Waals surface area contributed by atoms with Gasteiger partial charge in [0.25, 0.3) is 0 Å². The molecule has 0 unspecified atom stereocenters. The van der Waals surface area contributed by atoms with Crippen molar-refractivity contribution in [1.29, 1.82) is 0 Å². The lowest BCUT2D eigenvalue weighted by atomic mass is 9.88. The van der Waals surface area contributed by atoms with Gasteiger partial charge in [0.15, 0.2) is 0 Å². The summed E-state index contributed by atoms with van der Waals surface area (Å²) >= 11 is 0. The van der Waals surface area contributed by atoms with Crippen LogP contribution in [0, 0.1) is 20.8 Å². The molecular weight excluding hydrogens is 446 g/mol. The number of benzene rings is 6. The van der Waals surface area contributed by atoms with E-state index in [1.165, 1.54) is 70.9 Å². The van der Waals surface area contributed by atoms with Gasteiger partial charge in [-0.1, -0.05) is 109 Å². The largest absolute Gasteiger partial charge is 0.247 e. The van der Waals surface area contributed by atoms with Gasteiger partial charge in [-0.15, -0.1) is 0 Å². The fourth-order valence-corrected chi connectivity index (χ4v) is 6.25. The topological polar surface area (TPSA) is 12.4 Å². The number of hydrogen-bond donors (Lipinski definition) is 0. The second kappa shape index (κ2) is 8.28. The number of allylic oxidation sites excluding steroid dienone is 1. The van der Waals surface area contributed by atoms with Gasteiger partial charge in [0.2, 0.25) is 0 Å². The summed E-state index contributed by atoms with van der Waals surface area (Å²) in [5.74, 6) is 0. The zero-order valence-electron chi connectivity index (χ0n) is 21.3. The van der Waals surface area contributed by atoms with Crippen LogP contribution in [0.15, 0.2) is 114 Å². The average Bonchev–Trinajstić information content (AvgIpc) is 3.36. The highest BCUT2D eigenvalue weighted by atomic mass is 14.8. The van der Waals surface area contributed by atoms with Crippen molar-refractivity contribution in [3.63, 3.8) is 0 Å². The van der Waals surface area contributed by atoms with Crippen molar-refractivity contribution in [2.24, 2.45) is 4.99 Å². The average molecular weight is 474 g/mol. The van der Waals surface area contributed by atoms with Crippen LogP contribution in [0.4, 0.5) is 0 Å². The minimum atomic E-state index is 1.03. The van der Waals surface area contributed by atoms with E-state index in [9.17, 15) is 0 Å². The first kappa shape index (κ1) is 21.8. The Morgan fingerprint density at radius 3 is 2.00 bits per heavy atom. The maximum Gasteiger partial charge on any atom is 0.0801 e. The van der Waals surface area contributed by atoms with Gasteiger partial charge in [-0.25, -0.2) is 4.99 Å². The van der Waals surface area contributed by atoms with E-state index >= 15 is 0 Å². The molecule has 0 aliphatic carbocycles. The summed E-state index contributed by atoms with van der Waals surface area (Å²) in [6.07, 6.45) is 2.32. The number of fused-ring (bicyclic) bond motifs is 8. The van der Waals surface area contributed by atoms with Crippen molar-refractivity contribution in [2.75, 3.05) is 0 Å². The second-order valence-corrected chi connectivity index (χ2v) is 10.2. The molecule has 1 aliphatic rings. The SMILES string of the molecule is Cc1cc(C)c(/C(=C2/C=c3c(c4c5ccccc5ccc4c4ccccc34)=N2)c2ccccc2)c(C)c1. The van der Waals surface area contributed by atoms with Crippen LogP contribution in [0.3, 0.4) is 0 Å². The van der Waals surface area contributed by atoms with Crippen LogP contribution in [-0.2, 0) is 0 Å². The van der Waals surface area contributed by atoms with Crippen molar-refractivity contribution >= 4 is 44.0 Å². The first-order chi connectivity index (χ1) is 18.1. The molecule has 0 saturated heterocycles. The first-order valence-electron chi connectivity index (χ1n) is 12.9. The van der Waals surface area contributed by atoms with Crippen LogP contribution < -0.4 is 10.6 Å². The predicted molar refractivity (Wildman–Crippen MR) is 157 cm³/mol. The van der Waals surface area contributed by atoms with E-state index in [4.69, 9.17) is 4.99 Å². The number of nitrogens with zero attached hydrogens (tertiary/aromatic N) is 1. The van der Waals surface area contributed by atoms with Gasteiger partial charge >= 0.3 is 0 Å². The van der Waals surface area contributed by atoms with Crippen LogP contribution in [0.2, 0.25) is 0 Å². The molecule has 0 amide bonds. The maximum atomic E-state index is 5.46. The van der Waals surface area contributed by atoms with Crippen molar-refractivity contribution < 1.29 is 0 Å². The summed E-state index contributed by atoms with van der Waals surface area (Å²) in [6.45, 7) is 6.61. The highest BCUT2D eigenvalue weighted by Crippen LogP contribution is 2.35. The van der Waals surface area contributed by atoms with Crippen LogP contribution in [-0.4, -0.2) is 0 Å². The molecule has 0 N–H and O–H groups in total. The van der Waals surface area contributed by atoms with E-state index in [0.29, 0.717) is 0 Å². The minimum absolute atomic E-state index is 1.03. The van der Waals surface area contributed by atoms with Crippen LogP contribution in [0.1, 0.15) is 27.8 Å². The first-order valence-corrected chi connectivity index (χ1v) is 12.9.